The molecule has 0 amide bonds. The Hall–Kier alpha value is -2.16. The average molecular weight is 345 g/mol. The highest BCUT2D eigenvalue weighted by molar-refractivity contribution is 6.50. The summed E-state index contributed by atoms with van der Waals surface area (Å²) in [6.07, 6.45) is 4.76. The highest BCUT2D eigenvalue weighted by Gasteiger charge is 2.02. The first-order valence-corrected chi connectivity index (χ1v) is 7.70. The third-order valence-corrected chi connectivity index (χ3v) is 3.98. The van der Waals surface area contributed by atoms with E-state index in [4.69, 9.17) is 23.2 Å². The largest absolute Gasteiger partial charge is 0.299 e. The highest BCUT2D eigenvalue weighted by atomic mass is 35.5. The average Bonchev–Trinajstić information content (AvgIpc) is 2.56. The molecule has 0 aliphatic heterocycles. The fourth-order valence-corrected chi connectivity index (χ4v) is 2.47. The Morgan fingerprint density at radius 3 is 1.35 bits per heavy atom. The van der Waals surface area contributed by atoms with Gasteiger partial charge in [0.05, 0.1) is 10.1 Å². The zero-order chi connectivity index (χ0) is 16.7. The quantitative estimate of drug-likeness (QED) is 0.555. The molecular formula is C19H14Cl2O2. The number of allylic oxidation sites excluding steroid dienone is 2. The number of carbonyl (C=O) groups is 2. The standard InChI is InChI=1S/C19H14Cl2O2/c20-18(9-11-22)16-5-1-14(2-6-16)13-15-3-7-17(8-4-15)19(21)10-12-23/h1-12H,13H2. The lowest BCUT2D eigenvalue weighted by atomic mass is 10.0. The van der Waals surface area contributed by atoms with Crippen molar-refractivity contribution in [2.24, 2.45) is 0 Å². The van der Waals surface area contributed by atoms with Gasteiger partial charge in [-0.25, -0.2) is 0 Å². The molecule has 2 aromatic carbocycles. The van der Waals surface area contributed by atoms with Crippen molar-refractivity contribution in [1.82, 2.24) is 0 Å². The summed E-state index contributed by atoms with van der Waals surface area (Å²) in [5, 5.41) is 0.847. The topological polar surface area (TPSA) is 34.1 Å². The monoisotopic (exact) mass is 344 g/mol. The van der Waals surface area contributed by atoms with Crippen LogP contribution in [0.25, 0.3) is 10.1 Å². The molecule has 0 saturated carbocycles. The van der Waals surface area contributed by atoms with E-state index in [1.54, 1.807) is 0 Å². The third-order valence-electron chi connectivity index (χ3n) is 3.30. The molecule has 0 N–H and O–H groups in total. The van der Waals surface area contributed by atoms with Crippen LogP contribution in [0.15, 0.2) is 60.7 Å². The van der Waals surface area contributed by atoms with Gasteiger partial charge in [0.15, 0.2) is 0 Å². The van der Waals surface area contributed by atoms with Crippen LogP contribution >= 0.6 is 23.2 Å². The van der Waals surface area contributed by atoms with Gasteiger partial charge in [0.2, 0.25) is 0 Å². The maximum Gasteiger partial charge on any atom is 0.144 e. The van der Waals surface area contributed by atoms with Crippen molar-refractivity contribution >= 4 is 45.8 Å². The molecule has 2 rings (SSSR count). The van der Waals surface area contributed by atoms with Crippen LogP contribution < -0.4 is 0 Å². The molecule has 2 nitrogen and oxygen atoms in total. The van der Waals surface area contributed by atoms with E-state index in [9.17, 15) is 9.59 Å². The normalized spacial score (nSPS) is 12.1. The molecule has 4 heteroatoms. The van der Waals surface area contributed by atoms with E-state index in [-0.39, 0.29) is 0 Å². The molecule has 0 atom stereocenters. The number of hydrogen-bond acceptors (Lipinski definition) is 2. The number of rotatable bonds is 6. The van der Waals surface area contributed by atoms with Crippen LogP contribution in [0.5, 0.6) is 0 Å². The summed E-state index contributed by atoms with van der Waals surface area (Å²) in [6.45, 7) is 0. The van der Waals surface area contributed by atoms with Gasteiger partial charge in [0.25, 0.3) is 0 Å². The van der Waals surface area contributed by atoms with Crippen molar-refractivity contribution in [1.29, 1.82) is 0 Å². The summed E-state index contributed by atoms with van der Waals surface area (Å²) < 4.78 is 0. The molecule has 0 spiro atoms. The summed E-state index contributed by atoms with van der Waals surface area (Å²) in [4.78, 5) is 20.8. The van der Waals surface area contributed by atoms with Crippen molar-refractivity contribution < 1.29 is 9.59 Å². The number of carbonyl (C=O) groups excluding carboxylic acids is 2. The first kappa shape index (κ1) is 17.2. The Labute approximate surface area is 145 Å². The summed E-state index contributed by atoms with van der Waals surface area (Å²) >= 11 is 12.0. The van der Waals surface area contributed by atoms with Crippen molar-refractivity contribution in [2.45, 2.75) is 6.42 Å². The van der Waals surface area contributed by atoms with E-state index in [1.165, 1.54) is 12.2 Å². The maximum absolute atomic E-state index is 10.4. The second-order valence-electron chi connectivity index (χ2n) is 4.87. The van der Waals surface area contributed by atoms with Gasteiger partial charge in [-0.2, -0.15) is 0 Å². The smallest absolute Gasteiger partial charge is 0.144 e. The summed E-state index contributed by atoms with van der Waals surface area (Å²) in [7, 11) is 0. The van der Waals surface area contributed by atoms with E-state index < -0.39 is 0 Å². The number of benzene rings is 2. The predicted octanol–water partition coefficient (Wildman–Crippen LogP) is 4.83. The molecule has 0 radical (unpaired) electrons. The molecule has 0 aliphatic rings. The van der Waals surface area contributed by atoms with Crippen LogP contribution in [0.2, 0.25) is 0 Å². The van der Waals surface area contributed by atoms with E-state index >= 15 is 0 Å². The fraction of sp³-hybridized carbons (Fsp3) is 0.0526. The van der Waals surface area contributed by atoms with Crippen LogP contribution in [0.4, 0.5) is 0 Å². The fourth-order valence-electron chi connectivity index (χ4n) is 2.11. The second-order valence-corrected chi connectivity index (χ2v) is 5.69. The lowest BCUT2D eigenvalue weighted by molar-refractivity contribution is -0.104. The van der Waals surface area contributed by atoms with Crippen molar-refractivity contribution in [2.75, 3.05) is 0 Å². The number of hydrogen-bond donors (Lipinski definition) is 0. The van der Waals surface area contributed by atoms with E-state index in [0.717, 1.165) is 28.7 Å². The SMILES string of the molecule is O=CC=C(Cl)c1ccc(Cc2ccc(C(Cl)=CC=O)cc2)cc1. The van der Waals surface area contributed by atoms with Gasteiger partial charge in [0.1, 0.15) is 12.6 Å². The Morgan fingerprint density at radius 2 is 1.04 bits per heavy atom. The second kappa shape index (κ2) is 8.47. The molecule has 23 heavy (non-hydrogen) atoms. The Bertz CT molecular complexity index is 676. The minimum absolute atomic E-state index is 0.424. The van der Waals surface area contributed by atoms with Gasteiger partial charge < -0.3 is 0 Å². The predicted molar refractivity (Wildman–Crippen MR) is 95.5 cm³/mol. The Kier molecular flexibility index (Phi) is 6.33. The zero-order valence-electron chi connectivity index (χ0n) is 12.2. The van der Waals surface area contributed by atoms with Crippen LogP contribution in [-0.4, -0.2) is 12.6 Å². The Morgan fingerprint density at radius 1 is 0.696 bits per heavy atom. The summed E-state index contributed by atoms with van der Waals surface area (Å²) in [5.41, 5.74) is 3.88. The minimum Gasteiger partial charge on any atom is -0.299 e. The van der Waals surface area contributed by atoms with E-state index in [0.29, 0.717) is 22.6 Å². The third kappa shape index (κ3) is 4.92. The number of halogens is 2. The van der Waals surface area contributed by atoms with Crippen molar-refractivity contribution in [3.8, 4) is 0 Å². The minimum atomic E-state index is 0.424. The first-order chi connectivity index (χ1) is 11.1. The molecule has 0 aliphatic carbocycles. The summed E-state index contributed by atoms with van der Waals surface area (Å²) in [6, 6.07) is 15.4. The van der Waals surface area contributed by atoms with Gasteiger partial charge in [-0.1, -0.05) is 71.7 Å². The molecule has 0 aromatic heterocycles. The highest BCUT2D eigenvalue weighted by Crippen LogP contribution is 2.21. The maximum atomic E-state index is 10.4. The van der Waals surface area contributed by atoms with Crippen LogP contribution in [-0.2, 0) is 16.0 Å². The lowest BCUT2D eigenvalue weighted by Gasteiger charge is -2.05. The molecule has 0 bridgehead atoms. The molecule has 0 heterocycles. The number of aldehydes is 2. The molecule has 116 valence electrons. The van der Waals surface area contributed by atoms with Crippen LogP contribution in [0.1, 0.15) is 22.3 Å². The van der Waals surface area contributed by atoms with Gasteiger partial charge >= 0.3 is 0 Å². The van der Waals surface area contributed by atoms with Gasteiger partial charge in [0, 0.05) is 0 Å². The molecular weight excluding hydrogens is 331 g/mol. The molecule has 2 aromatic rings. The summed E-state index contributed by atoms with van der Waals surface area (Å²) in [5.74, 6) is 0. The lowest BCUT2D eigenvalue weighted by Crippen LogP contribution is -1.89. The molecule has 0 fully saturated rings. The van der Waals surface area contributed by atoms with Gasteiger partial charge in [-0.3, -0.25) is 9.59 Å². The Balaban J connectivity index is 2.10. The zero-order valence-corrected chi connectivity index (χ0v) is 13.7. The van der Waals surface area contributed by atoms with Crippen molar-refractivity contribution in [3.63, 3.8) is 0 Å². The molecule has 0 unspecified atom stereocenters. The van der Waals surface area contributed by atoms with Crippen molar-refractivity contribution in [3.05, 3.63) is 82.9 Å². The van der Waals surface area contributed by atoms with Gasteiger partial charge in [-0.05, 0) is 40.8 Å². The van der Waals surface area contributed by atoms with E-state index in [1.807, 2.05) is 48.5 Å². The van der Waals surface area contributed by atoms with Crippen LogP contribution in [0, 0.1) is 0 Å². The van der Waals surface area contributed by atoms with Gasteiger partial charge in [-0.15, -0.1) is 0 Å². The first-order valence-electron chi connectivity index (χ1n) is 6.94. The van der Waals surface area contributed by atoms with Crippen LogP contribution in [0.3, 0.4) is 0 Å². The molecule has 0 saturated heterocycles. The van der Waals surface area contributed by atoms with E-state index in [2.05, 4.69) is 0 Å².